The molecule has 2 aliphatic heterocycles. The Balaban J connectivity index is 1.37. The monoisotopic (exact) mass is 627 g/mol. The lowest BCUT2D eigenvalue weighted by molar-refractivity contribution is 0.0260. The first-order valence-electron chi connectivity index (χ1n) is 14.3. The summed E-state index contributed by atoms with van der Waals surface area (Å²) in [7, 11) is 0. The molecule has 2 aliphatic rings. The molecule has 230 valence electrons. The van der Waals surface area contributed by atoms with Gasteiger partial charge in [0, 0.05) is 42.5 Å². The van der Waals surface area contributed by atoms with Gasteiger partial charge in [0.15, 0.2) is 0 Å². The fourth-order valence-corrected chi connectivity index (χ4v) is 5.39. The number of hydrogen-bond acceptors (Lipinski definition) is 5. The average Bonchev–Trinajstić information content (AvgIpc) is 2.91. The number of ether oxygens (including phenoxy) is 2. The zero-order valence-electron chi connectivity index (χ0n) is 25.6. The van der Waals surface area contributed by atoms with E-state index in [0.717, 1.165) is 22.3 Å². The normalized spacial score (nSPS) is 15.8. The molecular formula is C33H39Cl2N3O5. The van der Waals surface area contributed by atoms with Crippen LogP contribution in [0.25, 0.3) is 11.1 Å². The number of rotatable bonds is 4. The van der Waals surface area contributed by atoms with Gasteiger partial charge in [0.05, 0.1) is 5.02 Å². The highest BCUT2D eigenvalue weighted by Crippen LogP contribution is 2.33. The molecule has 2 aromatic rings. The van der Waals surface area contributed by atoms with Gasteiger partial charge in [-0.15, -0.1) is 0 Å². The Morgan fingerprint density at radius 2 is 1.19 bits per heavy atom. The van der Waals surface area contributed by atoms with Gasteiger partial charge in [-0.1, -0.05) is 47.5 Å². The van der Waals surface area contributed by atoms with Gasteiger partial charge >= 0.3 is 12.2 Å². The van der Waals surface area contributed by atoms with Crippen molar-refractivity contribution >= 4 is 58.1 Å². The van der Waals surface area contributed by atoms with Gasteiger partial charge in [0.25, 0.3) is 5.91 Å². The zero-order chi connectivity index (χ0) is 31.5. The predicted molar refractivity (Wildman–Crippen MR) is 172 cm³/mol. The lowest BCUT2D eigenvalue weighted by Crippen LogP contribution is -2.39. The molecule has 0 saturated carbocycles. The summed E-state index contributed by atoms with van der Waals surface area (Å²) in [6.07, 6.45) is 4.55. The molecule has 0 unspecified atom stereocenters. The number of carbonyl (C=O) groups is 3. The molecule has 0 aliphatic carbocycles. The number of hydrogen-bond donors (Lipinski definition) is 1. The standard InChI is InChI=1S/C33H39Cl2N3O5/c1-32(2,3)42-30(40)37-15-11-21(12-16-37)25-9-7-23(19-27(25)34)29(39)36-24-8-10-26(28(35)20-24)22-13-17-38(18-14-22)31(41)43-33(4,5)6/h7-11,13,19-20H,12,14-18H2,1-6H3,(H,36,39). The van der Waals surface area contributed by atoms with Gasteiger partial charge < -0.3 is 24.6 Å². The van der Waals surface area contributed by atoms with Crippen LogP contribution in [0.1, 0.15) is 75.9 Å². The fourth-order valence-electron chi connectivity index (χ4n) is 4.79. The molecule has 3 amide bonds. The van der Waals surface area contributed by atoms with Crippen LogP contribution < -0.4 is 5.32 Å². The van der Waals surface area contributed by atoms with Crippen molar-refractivity contribution in [1.29, 1.82) is 0 Å². The van der Waals surface area contributed by atoms with E-state index in [9.17, 15) is 14.4 Å². The third-order valence-corrected chi connectivity index (χ3v) is 7.50. The minimum atomic E-state index is -0.547. The molecule has 43 heavy (non-hydrogen) atoms. The Labute approximate surface area is 263 Å². The summed E-state index contributed by atoms with van der Waals surface area (Å²) >= 11 is 13.2. The van der Waals surface area contributed by atoms with E-state index in [4.69, 9.17) is 32.7 Å². The van der Waals surface area contributed by atoms with Crippen LogP contribution in [0.15, 0.2) is 48.6 Å². The third-order valence-electron chi connectivity index (χ3n) is 6.87. The Bertz CT molecular complexity index is 1470. The number of carbonyl (C=O) groups excluding carboxylic acids is 3. The molecular weight excluding hydrogens is 589 g/mol. The molecule has 0 aromatic heterocycles. The maximum atomic E-state index is 13.0. The van der Waals surface area contributed by atoms with Gasteiger partial charge in [0.2, 0.25) is 0 Å². The second-order valence-corrected chi connectivity index (χ2v) is 13.5. The van der Waals surface area contributed by atoms with E-state index in [0.29, 0.717) is 60.3 Å². The van der Waals surface area contributed by atoms with E-state index in [1.807, 2.05) is 65.8 Å². The largest absolute Gasteiger partial charge is 0.444 e. The maximum Gasteiger partial charge on any atom is 0.410 e. The van der Waals surface area contributed by atoms with Crippen LogP contribution in [0.2, 0.25) is 10.0 Å². The van der Waals surface area contributed by atoms with Gasteiger partial charge in [-0.25, -0.2) is 9.59 Å². The summed E-state index contributed by atoms with van der Waals surface area (Å²) in [5.41, 5.74) is 3.64. The summed E-state index contributed by atoms with van der Waals surface area (Å²) in [5, 5.41) is 3.86. The van der Waals surface area contributed by atoms with Crippen LogP contribution in [0.4, 0.5) is 15.3 Å². The molecule has 0 fully saturated rings. The van der Waals surface area contributed by atoms with Crippen LogP contribution in [0.3, 0.4) is 0 Å². The van der Waals surface area contributed by atoms with Crippen molar-refractivity contribution in [2.75, 3.05) is 31.5 Å². The molecule has 2 heterocycles. The number of halogens is 2. The highest BCUT2D eigenvalue weighted by molar-refractivity contribution is 6.33. The van der Waals surface area contributed by atoms with Gasteiger partial charge in [-0.3, -0.25) is 4.79 Å². The van der Waals surface area contributed by atoms with E-state index in [1.165, 1.54) is 0 Å². The lowest BCUT2D eigenvalue weighted by atomic mass is 9.98. The Morgan fingerprint density at radius 1 is 0.721 bits per heavy atom. The van der Waals surface area contributed by atoms with Crippen LogP contribution in [0, 0.1) is 0 Å². The minimum Gasteiger partial charge on any atom is -0.444 e. The van der Waals surface area contributed by atoms with Gasteiger partial charge in [-0.05, 0) is 101 Å². The summed E-state index contributed by atoms with van der Waals surface area (Å²) in [5.74, 6) is -0.309. The first-order valence-corrected chi connectivity index (χ1v) is 15.1. The zero-order valence-corrected chi connectivity index (χ0v) is 27.1. The van der Waals surface area contributed by atoms with E-state index in [1.54, 1.807) is 34.1 Å². The van der Waals surface area contributed by atoms with Crippen molar-refractivity contribution in [3.63, 3.8) is 0 Å². The summed E-state index contributed by atoms with van der Waals surface area (Å²) in [6, 6.07) is 10.6. The second-order valence-electron chi connectivity index (χ2n) is 12.7. The Kier molecular flexibility index (Phi) is 9.82. The van der Waals surface area contributed by atoms with Gasteiger partial charge in [-0.2, -0.15) is 0 Å². The first kappa shape index (κ1) is 32.4. The molecule has 0 spiro atoms. The summed E-state index contributed by atoms with van der Waals surface area (Å²) < 4.78 is 10.9. The van der Waals surface area contributed by atoms with Crippen molar-refractivity contribution in [2.24, 2.45) is 0 Å². The topological polar surface area (TPSA) is 88.2 Å². The molecule has 0 bridgehead atoms. The Morgan fingerprint density at radius 3 is 1.58 bits per heavy atom. The molecule has 0 saturated heterocycles. The smallest absolute Gasteiger partial charge is 0.410 e. The quantitative estimate of drug-likeness (QED) is 0.368. The van der Waals surface area contributed by atoms with E-state index < -0.39 is 11.2 Å². The number of amides is 3. The van der Waals surface area contributed by atoms with Crippen LogP contribution >= 0.6 is 23.2 Å². The number of nitrogens with zero attached hydrogens (tertiary/aromatic N) is 2. The van der Waals surface area contributed by atoms with E-state index in [2.05, 4.69) is 5.32 Å². The van der Waals surface area contributed by atoms with E-state index in [-0.39, 0.29) is 18.1 Å². The molecule has 2 aromatic carbocycles. The Hall–Kier alpha value is -3.49. The SMILES string of the molecule is CC(C)(C)OC(=O)N1CC=C(c2ccc(NC(=O)c3ccc(C4=CCN(C(=O)OC(C)(C)C)CC4)c(Cl)c3)cc2Cl)CC1. The third kappa shape index (κ3) is 8.77. The van der Waals surface area contributed by atoms with E-state index >= 15 is 0 Å². The maximum absolute atomic E-state index is 13.0. The van der Waals surface area contributed by atoms with Crippen molar-refractivity contribution in [3.8, 4) is 0 Å². The fraction of sp³-hybridized carbons (Fsp3) is 0.424. The average molecular weight is 629 g/mol. The molecule has 0 atom stereocenters. The lowest BCUT2D eigenvalue weighted by Gasteiger charge is -2.30. The predicted octanol–water partition coefficient (Wildman–Crippen LogP) is 8.29. The molecule has 1 N–H and O–H groups in total. The highest BCUT2D eigenvalue weighted by atomic mass is 35.5. The summed E-state index contributed by atoms with van der Waals surface area (Å²) in [6.45, 7) is 13.0. The first-order chi connectivity index (χ1) is 20.1. The highest BCUT2D eigenvalue weighted by Gasteiger charge is 2.26. The molecule has 0 radical (unpaired) electrons. The van der Waals surface area contributed by atoms with Gasteiger partial charge in [0.1, 0.15) is 11.2 Å². The number of anilines is 1. The van der Waals surface area contributed by atoms with Crippen LogP contribution in [-0.4, -0.2) is 65.3 Å². The second kappa shape index (κ2) is 13.0. The minimum absolute atomic E-state index is 0.309. The number of nitrogens with one attached hydrogen (secondary N) is 1. The van der Waals surface area contributed by atoms with Crippen LogP contribution in [-0.2, 0) is 9.47 Å². The summed E-state index contributed by atoms with van der Waals surface area (Å²) in [4.78, 5) is 41.1. The van der Waals surface area contributed by atoms with Crippen LogP contribution in [0.5, 0.6) is 0 Å². The molecule has 10 heteroatoms. The van der Waals surface area contributed by atoms with Crippen molar-refractivity contribution in [2.45, 2.75) is 65.6 Å². The molecule has 4 rings (SSSR count). The van der Waals surface area contributed by atoms with Crippen molar-refractivity contribution in [3.05, 3.63) is 75.3 Å². The molecule has 8 nitrogen and oxygen atoms in total. The van der Waals surface area contributed by atoms with Crippen molar-refractivity contribution < 1.29 is 23.9 Å². The number of benzene rings is 2. The van der Waals surface area contributed by atoms with Crippen molar-refractivity contribution in [1.82, 2.24) is 9.80 Å².